The number of rotatable bonds is 18. The van der Waals surface area contributed by atoms with Gasteiger partial charge in [0, 0.05) is 6.54 Å². The maximum absolute atomic E-state index is 5.46. The van der Waals surface area contributed by atoms with Gasteiger partial charge in [-0.15, -0.1) is 0 Å². The van der Waals surface area contributed by atoms with Gasteiger partial charge in [-0.2, -0.15) is 0 Å². The van der Waals surface area contributed by atoms with E-state index in [0.717, 1.165) is 52.2 Å². The summed E-state index contributed by atoms with van der Waals surface area (Å²) in [6.45, 7) is 13.9. The Bertz CT molecular complexity index is 337. The van der Waals surface area contributed by atoms with Gasteiger partial charge in [-0.25, -0.2) is 0 Å². The quantitative estimate of drug-likeness (QED) is 0.226. The third-order valence-corrected chi connectivity index (χ3v) is 4.41. The standard InChI is InChI=1S/C21H44N4/c1-4-20(2)10-7-11-21(3)12-19-25-18-9-17-24-15-6-5-14-23-16-8-13-22/h10,12,23-25H,4-9,11,13-19,22H2,1-3H3/b20-10+,21-12+. The van der Waals surface area contributed by atoms with Gasteiger partial charge < -0.3 is 21.7 Å². The molecule has 0 rings (SSSR count). The Morgan fingerprint density at radius 3 is 2.00 bits per heavy atom. The number of nitrogens with two attached hydrogens (primary N) is 1. The first-order valence-electron chi connectivity index (χ1n) is 10.3. The average Bonchev–Trinajstić information content (AvgIpc) is 2.61. The van der Waals surface area contributed by atoms with Crippen molar-refractivity contribution in [2.45, 2.75) is 65.7 Å². The Balaban J connectivity index is 3.28. The minimum atomic E-state index is 0.786. The molecular weight excluding hydrogens is 308 g/mol. The molecule has 0 aliphatic heterocycles. The lowest BCUT2D eigenvalue weighted by Gasteiger charge is -2.06. The van der Waals surface area contributed by atoms with E-state index in [9.17, 15) is 0 Å². The average molecular weight is 353 g/mol. The topological polar surface area (TPSA) is 62.1 Å². The third kappa shape index (κ3) is 19.5. The second-order valence-electron chi connectivity index (χ2n) is 6.90. The Morgan fingerprint density at radius 2 is 1.36 bits per heavy atom. The normalized spacial score (nSPS) is 12.8. The summed E-state index contributed by atoms with van der Waals surface area (Å²) in [5, 5.41) is 10.4. The summed E-state index contributed by atoms with van der Waals surface area (Å²) in [4.78, 5) is 0. The summed E-state index contributed by atoms with van der Waals surface area (Å²) in [5.74, 6) is 0. The summed E-state index contributed by atoms with van der Waals surface area (Å²) in [5.41, 5.74) is 8.45. The maximum atomic E-state index is 5.46. The van der Waals surface area contributed by atoms with E-state index in [1.807, 2.05) is 0 Å². The molecule has 0 radical (unpaired) electrons. The summed E-state index contributed by atoms with van der Waals surface area (Å²) in [6, 6.07) is 0. The van der Waals surface area contributed by atoms with Crippen molar-refractivity contribution in [3.8, 4) is 0 Å². The zero-order valence-corrected chi connectivity index (χ0v) is 17.1. The molecule has 0 amide bonds. The molecule has 0 saturated heterocycles. The van der Waals surface area contributed by atoms with Crippen LogP contribution in [0.25, 0.3) is 0 Å². The molecule has 0 aliphatic rings. The zero-order chi connectivity index (χ0) is 18.6. The van der Waals surface area contributed by atoms with E-state index < -0.39 is 0 Å². The van der Waals surface area contributed by atoms with E-state index in [1.54, 1.807) is 0 Å². The molecule has 0 atom stereocenters. The van der Waals surface area contributed by atoms with Crippen molar-refractivity contribution >= 4 is 0 Å². The van der Waals surface area contributed by atoms with Gasteiger partial charge in [0.25, 0.3) is 0 Å². The summed E-state index contributed by atoms with van der Waals surface area (Å²) in [7, 11) is 0. The Kier molecular flexibility index (Phi) is 19.1. The largest absolute Gasteiger partial charge is 0.330 e. The Hall–Kier alpha value is -0.680. The number of unbranched alkanes of at least 4 members (excludes halogenated alkanes) is 1. The molecule has 0 aromatic rings. The van der Waals surface area contributed by atoms with Crippen molar-refractivity contribution in [2.75, 3.05) is 45.8 Å². The molecule has 0 aliphatic carbocycles. The lowest BCUT2D eigenvalue weighted by molar-refractivity contribution is 0.561. The number of hydrogen-bond acceptors (Lipinski definition) is 4. The summed E-state index contributed by atoms with van der Waals surface area (Å²) < 4.78 is 0. The third-order valence-electron chi connectivity index (χ3n) is 4.41. The lowest BCUT2D eigenvalue weighted by Crippen LogP contribution is -2.24. The molecule has 0 unspecified atom stereocenters. The van der Waals surface area contributed by atoms with Gasteiger partial charge >= 0.3 is 0 Å². The second kappa shape index (κ2) is 19.6. The molecule has 4 heteroatoms. The van der Waals surface area contributed by atoms with Crippen LogP contribution in [0.2, 0.25) is 0 Å². The summed E-state index contributed by atoms with van der Waals surface area (Å²) in [6.07, 6.45) is 13.0. The maximum Gasteiger partial charge on any atom is 0.0137 e. The summed E-state index contributed by atoms with van der Waals surface area (Å²) >= 11 is 0. The van der Waals surface area contributed by atoms with Gasteiger partial charge in [-0.3, -0.25) is 0 Å². The van der Waals surface area contributed by atoms with E-state index in [-0.39, 0.29) is 0 Å². The molecule has 148 valence electrons. The molecule has 0 saturated carbocycles. The van der Waals surface area contributed by atoms with Crippen LogP contribution in [0.15, 0.2) is 23.3 Å². The van der Waals surface area contributed by atoms with Crippen LogP contribution < -0.4 is 21.7 Å². The lowest BCUT2D eigenvalue weighted by atomic mass is 10.1. The van der Waals surface area contributed by atoms with E-state index in [0.29, 0.717) is 0 Å². The zero-order valence-electron chi connectivity index (χ0n) is 17.1. The first-order chi connectivity index (χ1) is 12.2. The van der Waals surface area contributed by atoms with Gasteiger partial charge in [-0.1, -0.05) is 30.2 Å². The predicted molar refractivity (Wildman–Crippen MR) is 113 cm³/mol. The van der Waals surface area contributed by atoms with Crippen LogP contribution in [0.4, 0.5) is 0 Å². The highest BCUT2D eigenvalue weighted by Gasteiger charge is 1.92. The molecule has 0 spiro atoms. The molecular formula is C21H44N4. The van der Waals surface area contributed by atoms with Gasteiger partial charge in [0.05, 0.1) is 0 Å². The van der Waals surface area contributed by atoms with Gasteiger partial charge in [-0.05, 0) is 98.1 Å². The van der Waals surface area contributed by atoms with Crippen LogP contribution in [0, 0.1) is 0 Å². The molecule has 0 heterocycles. The highest BCUT2D eigenvalue weighted by molar-refractivity contribution is 5.03. The molecule has 0 bridgehead atoms. The molecule has 25 heavy (non-hydrogen) atoms. The number of allylic oxidation sites excluding steroid dienone is 3. The Morgan fingerprint density at radius 1 is 0.760 bits per heavy atom. The molecule has 0 aromatic carbocycles. The van der Waals surface area contributed by atoms with E-state index in [1.165, 1.54) is 49.7 Å². The van der Waals surface area contributed by atoms with Gasteiger partial charge in [0.15, 0.2) is 0 Å². The van der Waals surface area contributed by atoms with Crippen LogP contribution in [0.1, 0.15) is 65.7 Å². The highest BCUT2D eigenvalue weighted by Crippen LogP contribution is 2.07. The number of nitrogens with one attached hydrogen (secondary N) is 3. The Labute approximate surface area is 157 Å². The van der Waals surface area contributed by atoms with E-state index in [4.69, 9.17) is 5.73 Å². The fourth-order valence-corrected chi connectivity index (χ4v) is 2.46. The fourth-order valence-electron chi connectivity index (χ4n) is 2.46. The van der Waals surface area contributed by atoms with Crippen molar-refractivity contribution in [1.29, 1.82) is 0 Å². The van der Waals surface area contributed by atoms with Crippen LogP contribution in [-0.4, -0.2) is 45.8 Å². The van der Waals surface area contributed by atoms with Crippen molar-refractivity contribution in [2.24, 2.45) is 5.73 Å². The van der Waals surface area contributed by atoms with Gasteiger partial charge in [0.2, 0.25) is 0 Å². The molecule has 0 fully saturated rings. The van der Waals surface area contributed by atoms with E-state index >= 15 is 0 Å². The molecule has 4 nitrogen and oxygen atoms in total. The number of hydrogen-bond donors (Lipinski definition) is 4. The SMILES string of the molecule is CC/C(C)=C/CC/C(C)=C/CNCCCNCCCCNCCCN. The van der Waals surface area contributed by atoms with Crippen LogP contribution >= 0.6 is 0 Å². The van der Waals surface area contributed by atoms with Crippen molar-refractivity contribution in [3.63, 3.8) is 0 Å². The van der Waals surface area contributed by atoms with Crippen LogP contribution in [0.3, 0.4) is 0 Å². The fraction of sp³-hybridized carbons (Fsp3) is 0.810. The van der Waals surface area contributed by atoms with Gasteiger partial charge in [0.1, 0.15) is 0 Å². The first-order valence-corrected chi connectivity index (χ1v) is 10.3. The smallest absolute Gasteiger partial charge is 0.0137 e. The minimum Gasteiger partial charge on any atom is -0.330 e. The van der Waals surface area contributed by atoms with Crippen LogP contribution in [-0.2, 0) is 0 Å². The van der Waals surface area contributed by atoms with Crippen LogP contribution in [0.5, 0.6) is 0 Å². The first kappa shape index (κ1) is 24.3. The predicted octanol–water partition coefficient (Wildman–Crippen LogP) is 3.36. The van der Waals surface area contributed by atoms with Crippen molar-refractivity contribution < 1.29 is 0 Å². The second-order valence-corrected chi connectivity index (χ2v) is 6.90. The molecule has 5 N–H and O–H groups in total. The minimum absolute atomic E-state index is 0.786. The van der Waals surface area contributed by atoms with E-state index in [2.05, 4.69) is 48.9 Å². The van der Waals surface area contributed by atoms with Crippen molar-refractivity contribution in [3.05, 3.63) is 23.3 Å². The highest BCUT2D eigenvalue weighted by atomic mass is 14.9. The molecule has 0 aromatic heterocycles. The monoisotopic (exact) mass is 352 g/mol. The van der Waals surface area contributed by atoms with Crippen molar-refractivity contribution in [1.82, 2.24) is 16.0 Å².